The van der Waals surface area contributed by atoms with E-state index in [0.717, 1.165) is 12.1 Å². The van der Waals surface area contributed by atoms with Gasteiger partial charge in [-0.2, -0.15) is 0 Å². The Morgan fingerprint density at radius 1 is 1.21 bits per heavy atom. The molecule has 24 heavy (non-hydrogen) atoms. The molecule has 128 valence electrons. The maximum atomic E-state index is 13.1. The molecule has 4 nitrogen and oxygen atoms in total. The lowest BCUT2D eigenvalue weighted by molar-refractivity contribution is -0.128. The molecule has 6 heteroatoms. The number of nitrogens with one attached hydrogen (secondary N) is 1. The van der Waals surface area contributed by atoms with E-state index in [0.29, 0.717) is 5.56 Å². The number of hydrogen-bond acceptors (Lipinski definition) is 3. The van der Waals surface area contributed by atoms with E-state index in [1.165, 1.54) is 13.0 Å². The molecule has 0 fully saturated rings. The van der Waals surface area contributed by atoms with Gasteiger partial charge in [0.15, 0.2) is 17.7 Å². The molecule has 0 saturated heterocycles. The number of ether oxygens (including phenoxy) is 1. The predicted molar refractivity (Wildman–Crippen MR) is 85.5 cm³/mol. The monoisotopic (exact) mass is 335 g/mol. The molecule has 0 bridgehead atoms. The Labute approximate surface area is 139 Å². The van der Waals surface area contributed by atoms with Gasteiger partial charge in [0.1, 0.15) is 11.4 Å². The second-order valence-corrected chi connectivity index (χ2v) is 5.69. The number of hydrogen-bond donors (Lipinski definition) is 2. The van der Waals surface area contributed by atoms with E-state index >= 15 is 0 Å². The third-order valence-corrected chi connectivity index (χ3v) is 3.58. The van der Waals surface area contributed by atoms with Crippen molar-refractivity contribution in [2.75, 3.05) is 6.54 Å². The van der Waals surface area contributed by atoms with Gasteiger partial charge < -0.3 is 15.2 Å². The van der Waals surface area contributed by atoms with Gasteiger partial charge in [0.05, 0.1) is 6.54 Å². The maximum absolute atomic E-state index is 13.1. The highest BCUT2D eigenvalue weighted by Gasteiger charge is 2.25. The van der Waals surface area contributed by atoms with Gasteiger partial charge in [0.25, 0.3) is 5.91 Å². The van der Waals surface area contributed by atoms with Crippen molar-refractivity contribution in [3.8, 4) is 5.75 Å². The highest BCUT2D eigenvalue weighted by Crippen LogP contribution is 2.19. The summed E-state index contributed by atoms with van der Waals surface area (Å²) < 4.78 is 31.3. The molecule has 2 N–H and O–H groups in total. The summed E-state index contributed by atoms with van der Waals surface area (Å²) in [4.78, 5) is 12.1. The first-order valence-corrected chi connectivity index (χ1v) is 7.47. The summed E-state index contributed by atoms with van der Waals surface area (Å²) >= 11 is 0. The largest absolute Gasteiger partial charge is 0.481 e. The van der Waals surface area contributed by atoms with Crippen LogP contribution in [-0.4, -0.2) is 23.7 Å². The molecule has 0 aliphatic rings. The third kappa shape index (κ3) is 4.52. The van der Waals surface area contributed by atoms with Crippen molar-refractivity contribution < 1.29 is 23.4 Å². The minimum atomic E-state index is -1.24. The van der Waals surface area contributed by atoms with Crippen LogP contribution in [0.25, 0.3) is 0 Å². The molecule has 0 aliphatic carbocycles. The maximum Gasteiger partial charge on any atom is 0.260 e. The molecule has 0 spiro atoms. The average Bonchev–Trinajstić information content (AvgIpc) is 2.57. The Kier molecular flexibility index (Phi) is 5.51. The molecule has 2 atom stereocenters. The lowest BCUT2D eigenvalue weighted by atomic mass is 9.96. The summed E-state index contributed by atoms with van der Waals surface area (Å²) in [6, 6.07) is 12.0. The normalized spacial score (nSPS) is 14.5. The molecule has 2 unspecified atom stereocenters. The minimum Gasteiger partial charge on any atom is -0.481 e. The van der Waals surface area contributed by atoms with Crippen molar-refractivity contribution >= 4 is 5.91 Å². The van der Waals surface area contributed by atoms with Crippen LogP contribution >= 0.6 is 0 Å². The number of carbonyl (C=O) groups is 1. The van der Waals surface area contributed by atoms with Crippen molar-refractivity contribution in [3.05, 3.63) is 65.7 Å². The predicted octanol–water partition coefficient (Wildman–Crippen LogP) is 2.76. The summed E-state index contributed by atoms with van der Waals surface area (Å²) in [6.45, 7) is 3.05. The number of carbonyl (C=O) groups excluding carboxylic acids is 1. The number of rotatable bonds is 6. The topological polar surface area (TPSA) is 58.6 Å². The lowest BCUT2D eigenvalue weighted by Gasteiger charge is -2.25. The summed E-state index contributed by atoms with van der Waals surface area (Å²) in [5.74, 6) is -2.47. The minimum absolute atomic E-state index is 0.0126. The van der Waals surface area contributed by atoms with E-state index in [-0.39, 0.29) is 12.3 Å². The van der Waals surface area contributed by atoms with E-state index < -0.39 is 29.2 Å². The number of benzene rings is 2. The van der Waals surface area contributed by atoms with Crippen LogP contribution in [-0.2, 0) is 10.4 Å². The Morgan fingerprint density at radius 3 is 2.50 bits per heavy atom. The van der Waals surface area contributed by atoms with Crippen LogP contribution in [0.5, 0.6) is 5.75 Å². The fraction of sp³-hybridized carbons (Fsp3) is 0.278. The van der Waals surface area contributed by atoms with Crippen LogP contribution in [0.2, 0.25) is 0 Å². The zero-order valence-corrected chi connectivity index (χ0v) is 13.4. The van der Waals surface area contributed by atoms with E-state index in [1.54, 1.807) is 31.2 Å². The first kappa shape index (κ1) is 17.9. The number of halogens is 2. The smallest absolute Gasteiger partial charge is 0.260 e. The van der Waals surface area contributed by atoms with E-state index in [9.17, 15) is 18.7 Å². The molecule has 0 saturated carbocycles. The molecule has 0 radical (unpaired) electrons. The Bertz CT molecular complexity index is 705. The lowest BCUT2D eigenvalue weighted by Crippen LogP contribution is -2.43. The summed E-state index contributed by atoms with van der Waals surface area (Å²) in [5.41, 5.74) is -0.571. The zero-order chi connectivity index (χ0) is 17.7. The van der Waals surface area contributed by atoms with Gasteiger partial charge in [-0.3, -0.25) is 4.79 Å². The van der Waals surface area contributed by atoms with Crippen molar-refractivity contribution in [1.29, 1.82) is 0 Å². The molecule has 2 aromatic rings. The van der Waals surface area contributed by atoms with Gasteiger partial charge in [-0.15, -0.1) is 0 Å². The van der Waals surface area contributed by atoms with Gasteiger partial charge in [-0.05, 0) is 31.5 Å². The second-order valence-electron chi connectivity index (χ2n) is 5.69. The van der Waals surface area contributed by atoms with Gasteiger partial charge in [0, 0.05) is 6.07 Å². The Morgan fingerprint density at radius 2 is 1.88 bits per heavy atom. The van der Waals surface area contributed by atoms with Crippen LogP contribution in [0.15, 0.2) is 48.5 Å². The fourth-order valence-electron chi connectivity index (χ4n) is 2.11. The Hall–Kier alpha value is -2.47. The number of aliphatic hydroxyl groups is 1. The van der Waals surface area contributed by atoms with E-state index in [2.05, 4.69) is 5.32 Å². The molecular formula is C18H19F2NO3. The molecule has 0 aromatic heterocycles. The summed E-state index contributed by atoms with van der Waals surface area (Å²) in [5, 5.41) is 13.0. The highest BCUT2D eigenvalue weighted by molar-refractivity contribution is 5.80. The third-order valence-electron chi connectivity index (χ3n) is 3.58. The van der Waals surface area contributed by atoms with Crippen LogP contribution in [0.4, 0.5) is 8.78 Å². The van der Waals surface area contributed by atoms with E-state index in [1.807, 2.05) is 6.07 Å². The number of amides is 1. The average molecular weight is 335 g/mol. The molecule has 0 aliphatic heterocycles. The molecular weight excluding hydrogens is 316 g/mol. The zero-order valence-electron chi connectivity index (χ0n) is 13.4. The van der Waals surface area contributed by atoms with Gasteiger partial charge >= 0.3 is 0 Å². The SMILES string of the molecule is CC(Oc1ccc(F)c(F)c1)C(=O)NCC(C)(O)c1ccccc1. The van der Waals surface area contributed by atoms with E-state index in [4.69, 9.17) is 4.74 Å². The van der Waals surface area contributed by atoms with Gasteiger partial charge in [-0.25, -0.2) is 8.78 Å². The molecule has 2 aromatic carbocycles. The quantitative estimate of drug-likeness (QED) is 0.853. The Balaban J connectivity index is 1.93. The first-order chi connectivity index (χ1) is 11.3. The molecule has 1 amide bonds. The van der Waals surface area contributed by atoms with Gasteiger partial charge in [-0.1, -0.05) is 30.3 Å². The van der Waals surface area contributed by atoms with Crippen molar-refractivity contribution in [1.82, 2.24) is 5.32 Å². The summed E-state index contributed by atoms with van der Waals surface area (Å²) in [7, 11) is 0. The highest BCUT2D eigenvalue weighted by atomic mass is 19.2. The molecule has 0 heterocycles. The van der Waals surface area contributed by atoms with Crippen molar-refractivity contribution in [3.63, 3.8) is 0 Å². The van der Waals surface area contributed by atoms with Crippen LogP contribution < -0.4 is 10.1 Å². The van der Waals surface area contributed by atoms with Crippen LogP contribution in [0.3, 0.4) is 0 Å². The van der Waals surface area contributed by atoms with Crippen LogP contribution in [0.1, 0.15) is 19.4 Å². The fourth-order valence-corrected chi connectivity index (χ4v) is 2.11. The van der Waals surface area contributed by atoms with Crippen molar-refractivity contribution in [2.45, 2.75) is 25.6 Å². The van der Waals surface area contributed by atoms with Gasteiger partial charge in [0.2, 0.25) is 0 Å². The summed E-state index contributed by atoms with van der Waals surface area (Å²) in [6.07, 6.45) is -0.929. The molecule has 2 rings (SSSR count). The van der Waals surface area contributed by atoms with Crippen LogP contribution in [0, 0.1) is 11.6 Å². The van der Waals surface area contributed by atoms with Crippen molar-refractivity contribution in [2.24, 2.45) is 0 Å². The standard InChI is InChI=1S/C18H19F2NO3/c1-12(24-14-8-9-15(19)16(20)10-14)17(22)21-11-18(2,23)13-6-4-3-5-7-13/h3-10,12,23H,11H2,1-2H3,(H,21,22). The first-order valence-electron chi connectivity index (χ1n) is 7.47. The second kappa shape index (κ2) is 7.40.